The Hall–Kier alpha value is -0.260. The van der Waals surface area contributed by atoms with Crippen molar-refractivity contribution in [3.63, 3.8) is 0 Å². The molecule has 0 heteroatoms. The minimum absolute atomic E-state index is 0.646. The third-order valence-electron chi connectivity index (χ3n) is 5.84. The fourth-order valence-electron chi connectivity index (χ4n) is 5.13. The summed E-state index contributed by atoms with van der Waals surface area (Å²) in [6.45, 7) is 11.8. The molecule has 3 fully saturated rings. The quantitative estimate of drug-likeness (QED) is 0.517. The molecule has 15 heavy (non-hydrogen) atoms. The van der Waals surface area contributed by atoms with Gasteiger partial charge in [0, 0.05) is 0 Å². The minimum Gasteiger partial charge on any atom is -0.0996 e. The smallest absolute Gasteiger partial charge is 0.0174 e. The van der Waals surface area contributed by atoms with Gasteiger partial charge in [0.15, 0.2) is 0 Å². The minimum atomic E-state index is 0.646. The zero-order chi connectivity index (χ0) is 10.8. The molecule has 0 saturated heterocycles. The first kappa shape index (κ1) is 9.93. The molecule has 0 aromatic carbocycles. The van der Waals surface area contributed by atoms with Gasteiger partial charge in [0.05, 0.1) is 0 Å². The van der Waals surface area contributed by atoms with Crippen LogP contribution >= 0.6 is 0 Å². The molecule has 0 N–H and O–H groups in total. The highest BCUT2D eigenvalue weighted by Gasteiger charge is 2.64. The summed E-state index contributed by atoms with van der Waals surface area (Å²) in [5.74, 6) is 4.91. The summed E-state index contributed by atoms with van der Waals surface area (Å²) >= 11 is 0. The van der Waals surface area contributed by atoms with Crippen LogP contribution in [0.15, 0.2) is 12.2 Å². The van der Waals surface area contributed by atoms with Gasteiger partial charge in [-0.2, -0.15) is 0 Å². The van der Waals surface area contributed by atoms with Gasteiger partial charge >= 0.3 is 0 Å². The van der Waals surface area contributed by atoms with Crippen LogP contribution in [-0.4, -0.2) is 0 Å². The highest BCUT2D eigenvalue weighted by molar-refractivity contribution is 5.19. The van der Waals surface area contributed by atoms with Gasteiger partial charge in [-0.15, -0.1) is 0 Å². The van der Waals surface area contributed by atoms with Gasteiger partial charge in [0.25, 0.3) is 0 Å². The van der Waals surface area contributed by atoms with Crippen LogP contribution in [0, 0.1) is 35.0 Å². The molecule has 3 aliphatic rings. The van der Waals surface area contributed by atoms with Crippen molar-refractivity contribution < 1.29 is 0 Å². The lowest BCUT2D eigenvalue weighted by Crippen LogP contribution is -2.13. The van der Waals surface area contributed by atoms with Gasteiger partial charge in [-0.3, -0.25) is 0 Å². The van der Waals surface area contributed by atoms with Gasteiger partial charge in [0.2, 0.25) is 0 Å². The predicted molar refractivity (Wildman–Crippen MR) is 64.5 cm³/mol. The van der Waals surface area contributed by atoms with Crippen LogP contribution in [0.1, 0.15) is 46.5 Å². The van der Waals surface area contributed by atoms with Crippen molar-refractivity contribution >= 4 is 0 Å². The first-order chi connectivity index (χ1) is 7.03. The molecule has 5 atom stereocenters. The Labute approximate surface area is 94.1 Å². The second-order valence-corrected chi connectivity index (χ2v) is 6.89. The molecule has 0 amide bonds. The molecule has 0 radical (unpaired) electrons. The Balaban J connectivity index is 1.91. The SMILES string of the molecule is C=C1CCC2C1CCC(C)C1C2C1(C)C. The van der Waals surface area contributed by atoms with Crippen LogP contribution in [0.25, 0.3) is 0 Å². The number of hydrogen-bond donors (Lipinski definition) is 0. The number of fused-ring (bicyclic) bond motifs is 3. The van der Waals surface area contributed by atoms with Crippen molar-refractivity contribution in [1.82, 2.24) is 0 Å². The summed E-state index contributed by atoms with van der Waals surface area (Å²) in [5.41, 5.74) is 2.23. The van der Waals surface area contributed by atoms with E-state index in [2.05, 4.69) is 27.4 Å². The maximum Gasteiger partial charge on any atom is -0.0174 e. The van der Waals surface area contributed by atoms with Crippen LogP contribution in [0.2, 0.25) is 0 Å². The molecule has 0 heterocycles. The van der Waals surface area contributed by atoms with Gasteiger partial charge in [-0.25, -0.2) is 0 Å². The van der Waals surface area contributed by atoms with Crippen molar-refractivity contribution in [3.8, 4) is 0 Å². The molecule has 0 nitrogen and oxygen atoms in total. The van der Waals surface area contributed by atoms with E-state index in [9.17, 15) is 0 Å². The lowest BCUT2D eigenvalue weighted by Gasteiger charge is -2.21. The summed E-state index contributed by atoms with van der Waals surface area (Å²) in [7, 11) is 0. The molecular formula is C15H24. The molecule has 0 bridgehead atoms. The van der Waals surface area contributed by atoms with Crippen molar-refractivity contribution in [3.05, 3.63) is 12.2 Å². The number of rotatable bonds is 0. The van der Waals surface area contributed by atoms with Crippen LogP contribution in [0.3, 0.4) is 0 Å². The molecule has 0 aromatic rings. The Morgan fingerprint density at radius 3 is 2.60 bits per heavy atom. The van der Waals surface area contributed by atoms with Gasteiger partial charge in [0.1, 0.15) is 0 Å². The summed E-state index contributed by atoms with van der Waals surface area (Å²) in [6, 6.07) is 0. The largest absolute Gasteiger partial charge is 0.0996 e. The van der Waals surface area contributed by atoms with Crippen LogP contribution in [0.4, 0.5) is 0 Å². The second-order valence-electron chi connectivity index (χ2n) is 6.89. The molecule has 84 valence electrons. The lowest BCUT2D eigenvalue weighted by atomic mass is 9.83. The number of allylic oxidation sites excluding steroid dienone is 1. The highest BCUT2D eigenvalue weighted by atomic mass is 14.7. The van der Waals surface area contributed by atoms with Crippen LogP contribution in [-0.2, 0) is 0 Å². The fourth-order valence-corrected chi connectivity index (χ4v) is 5.13. The monoisotopic (exact) mass is 204 g/mol. The first-order valence-electron chi connectivity index (χ1n) is 6.71. The summed E-state index contributed by atoms with van der Waals surface area (Å²) in [4.78, 5) is 0. The van der Waals surface area contributed by atoms with Crippen LogP contribution in [0.5, 0.6) is 0 Å². The van der Waals surface area contributed by atoms with Crippen LogP contribution < -0.4 is 0 Å². The Morgan fingerprint density at radius 2 is 1.87 bits per heavy atom. The third kappa shape index (κ3) is 1.20. The van der Waals surface area contributed by atoms with Crippen molar-refractivity contribution in [2.45, 2.75) is 46.5 Å². The Bertz CT molecular complexity index is 299. The van der Waals surface area contributed by atoms with E-state index in [-0.39, 0.29) is 0 Å². The average Bonchev–Trinajstić information content (AvgIpc) is 2.61. The summed E-state index contributed by atoms with van der Waals surface area (Å²) in [5, 5.41) is 0. The third-order valence-corrected chi connectivity index (χ3v) is 5.84. The molecule has 3 aliphatic carbocycles. The van der Waals surface area contributed by atoms with E-state index in [4.69, 9.17) is 0 Å². The highest BCUT2D eigenvalue weighted by Crippen LogP contribution is 2.70. The Kier molecular flexibility index (Phi) is 1.92. The van der Waals surface area contributed by atoms with Gasteiger partial charge < -0.3 is 0 Å². The maximum atomic E-state index is 4.31. The average molecular weight is 204 g/mol. The van der Waals surface area contributed by atoms with E-state index in [0.29, 0.717) is 5.41 Å². The Morgan fingerprint density at radius 1 is 1.13 bits per heavy atom. The molecular weight excluding hydrogens is 180 g/mol. The predicted octanol–water partition coefficient (Wildman–Crippen LogP) is 4.27. The molecule has 0 aliphatic heterocycles. The van der Waals surface area contributed by atoms with Crippen molar-refractivity contribution in [2.75, 3.05) is 0 Å². The molecule has 3 rings (SSSR count). The van der Waals surface area contributed by atoms with E-state index in [0.717, 1.165) is 29.6 Å². The topological polar surface area (TPSA) is 0 Å². The fraction of sp³-hybridized carbons (Fsp3) is 0.867. The second kappa shape index (κ2) is 2.90. The van der Waals surface area contributed by atoms with Crippen molar-refractivity contribution in [1.29, 1.82) is 0 Å². The standard InChI is InChI=1S/C15H24/c1-9-5-8-12-11(9)7-6-10(2)13-14(12)15(13,3)4/h10-14H,1,5-8H2,2-4H3. The molecule has 0 aromatic heterocycles. The van der Waals surface area contributed by atoms with Gasteiger partial charge in [-0.05, 0) is 60.7 Å². The lowest BCUT2D eigenvalue weighted by molar-refractivity contribution is 0.310. The van der Waals surface area contributed by atoms with Crippen molar-refractivity contribution in [2.24, 2.45) is 35.0 Å². The molecule has 5 unspecified atom stereocenters. The van der Waals surface area contributed by atoms with E-state index in [1.807, 2.05) is 0 Å². The van der Waals surface area contributed by atoms with E-state index >= 15 is 0 Å². The van der Waals surface area contributed by atoms with Gasteiger partial charge in [-0.1, -0.05) is 32.9 Å². The number of hydrogen-bond acceptors (Lipinski definition) is 0. The molecule has 0 spiro atoms. The normalized spacial score (nSPS) is 51.9. The zero-order valence-corrected chi connectivity index (χ0v) is 10.4. The summed E-state index contributed by atoms with van der Waals surface area (Å²) < 4.78 is 0. The van der Waals surface area contributed by atoms with E-state index < -0.39 is 0 Å². The first-order valence-corrected chi connectivity index (χ1v) is 6.71. The van der Waals surface area contributed by atoms with E-state index in [1.54, 1.807) is 5.57 Å². The van der Waals surface area contributed by atoms with E-state index in [1.165, 1.54) is 25.7 Å². The summed E-state index contributed by atoms with van der Waals surface area (Å²) in [6.07, 6.45) is 5.66. The molecule has 3 saturated carbocycles. The zero-order valence-electron chi connectivity index (χ0n) is 10.4. The maximum absolute atomic E-state index is 4.31.